The fraction of sp³-hybridized carbons (Fsp3) is 0.457. The number of rotatable bonds is 14. The van der Waals surface area contributed by atoms with Crippen LogP contribution >= 0.6 is 0 Å². The average molecular weight is 635 g/mol. The molecule has 0 amide bonds. The first-order chi connectivity index (χ1) is 23.6. The molecule has 0 aromatic heterocycles. The third-order valence-corrected chi connectivity index (χ3v) is 11.9. The van der Waals surface area contributed by atoms with Gasteiger partial charge in [-0.25, -0.2) is 0 Å². The number of fused-ring (bicyclic) bond motifs is 6. The Balaban J connectivity index is 1.29. The molecule has 48 heavy (non-hydrogen) atoms. The van der Waals surface area contributed by atoms with E-state index < -0.39 is 0 Å². The van der Waals surface area contributed by atoms with E-state index in [9.17, 15) is 5.53 Å². The number of hydrogen-bond donors (Lipinski definition) is 0. The van der Waals surface area contributed by atoms with Gasteiger partial charge in [-0.3, -0.25) is 0 Å². The first kappa shape index (κ1) is 32.8. The van der Waals surface area contributed by atoms with Gasteiger partial charge >= 0.3 is 5.71 Å². The van der Waals surface area contributed by atoms with Crippen LogP contribution in [-0.2, 0) is 31.1 Å². The van der Waals surface area contributed by atoms with Crippen LogP contribution in [0.1, 0.15) is 148 Å². The molecule has 4 aromatic carbocycles. The van der Waals surface area contributed by atoms with Gasteiger partial charge in [-0.2, -0.15) is 4.79 Å². The van der Waals surface area contributed by atoms with Crippen molar-refractivity contribution >= 4 is 5.71 Å². The van der Waals surface area contributed by atoms with Crippen molar-refractivity contribution in [2.45, 2.75) is 135 Å². The first-order valence-electron chi connectivity index (χ1n) is 19.4. The van der Waals surface area contributed by atoms with Crippen molar-refractivity contribution in [3.63, 3.8) is 0 Å². The van der Waals surface area contributed by atoms with Crippen molar-refractivity contribution in [1.29, 1.82) is 0 Å². The summed E-state index contributed by atoms with van der Waals surface area (Å²) >= 11 is 0. The van der Waals surface area contributed by atoms with E-state index in [4.69, 9.17) is 0 Å². The minimum atomic E-state index is 0.108. The Bertz CT molecular complexity index is 1690. The van der Waals surface area contributed by atoms with E-state index >= 15 is 0 Å². The molecule has 4 aromatic rings. The summed E-state index contributed by atoms with van der Waals surface area (Å²) in [5.74, 6) is 0. The summed E-state index contributed by atoms with van der Waals surface area (Å²) < 4.78 is 0. The smallest absolute Gasteiger partial charge is 0.330 e. The molecule has 0 atom stereocenters. The van der Waals surface area contributed by atoms with Crippen LogP contribution in [0.25, 0.3) is 27.8 Å². The standard InChI is InChI=1S/C46H54N2/c1-3-5-7-9-11-13-27-46(28-14-12-10-8-6-4-2)43-31-35-17-15-33-19-23-37-38-24-20-34(30-42(38)45(48-47)41(37)29-33)16-18-36-22-26-40(44(46)32-36)39(43)25-21-35/h19-26,29-32H,3-18,27-28H2,1-2H3. The van der Waals surface area contributed by atoms with Crippen molar-refractivity contribution in [3.8, 4) is 22.3 Å². The largest absolute Gasteiger partial charge is 0.361 e. The van der Waals surface area contributed by atoms with Crippen molar-refractivity contribution < 1.29 is 4.79 Å². The van der Waals surface area contributed by atoms with Crippen LogP contribution < -0.4 is 0 Å². The van der Waals surface area contributed by atoms with Gasteiger partial charge < -0.3 is 5.53 Å². The van der Waals surface area contributed by atoms with Gasteiger partial charge in [0, 0.05) is 5.41 Å². The molecule has 248 valence electrons. The Kier molecular flexibility index (Phi) is 10.1. The number of benzene rings is 4. The molecule has 2 heteroatoms. The average Bonchev–Trinajstić information content (AvgIpc) is 3.57. The molecule has 3 aliphatic carbocycles. The van der Waals surface area contributed by atoms with E-state index in [-0.39, 0.29) is 5.41 Å². The zero-order valence-electron chi connectivity index (χ0n) is 29.6. The van der Waals surface area contributed by atoms with Crippen LogP contribution in [-0.4, -0.2) is 10.5 Å². The second-order valence-corrected chi connectivity index (χ2v) is 15.1. The van der Waals surface area contributed by atoms with Gasteiger partial charge in [0.25, 0.3) is 0 Å². The minimum absolute atomic E-state index is 0.108. The number of aryl methyl sites for hydroxylation is 4. The zero-order chi connectivity index (χ0) is 32.9. The summed E-state index contributed by atoms with van der Waals surface area (Å²) in [5.41, 5.74) is 27.2. The lowest BCUT2D eigenvalue weighted by Crippen LogP contribution is -2.26. The Morgan fingerprint density at radius 1 is 0.458 bits per heavy atom. The number of hydrogen-bond acceptors (Lipinski definition) is 0. The van der Waals surface area contributed by atoms with Crippen LogP contribution in [0.4, 0.5) is 0 Å². The summed E-state index contributed by atoms with van der Waals surface area (Å²) in [5, 5.41) is 0. The highest BCUT2D eigenvalue weighted by atomic mass is 14.9. The molecule has 0 aliphatic heterocycles. The van der Waals surface area contributed by atoms with Crippen molar-refractivity contribution in [3.05, 3.63) is 123 Å². The number of unbranched alkanes of at least 4 members (excludes halogenated alkanes) is 10. The second-order valence-electron chi connectivity index (χ2n) is 15.1. The molecule has 0 radical (unpaired) electrons. The van der Waals surface area contributed by atoms with Crippen LogP contribution in [0.2, 0.25) is 0 Å². The molecule has 8 bridgehead atoms. The van der Waals surface area contributed by atoms with Crippen LogP contribution in [0.3, 0.4) is 0 Å². The fourth-order valence-electron chi connectivity index (χ4n) is 9.16. The third kappa shape index (κ3) is 6.37. The van der Waals surface area contributed by atoms with Gasteiger partial charge in [-0.05, 0) is 106 Å². The van der Waals surface area contributed by atoms with Crippen molar-refractivity contribution in [2.24, 2.45) is 0 Å². The molecular formula is C46H54N2. The van der Waals surface area contributed by atoms with Gasteiger partial charge in [0.05, 0.1) is 11.1 Å². The molecule has 7 rings (SSSR count). The third-order valence-electron chi connectivity index (χ3n) is 11.9. The maximum absolute atomic E-state index is 10.2. The van der Waals surface area contributed by atoms with E-state index in [2.05, 4.69) is 91.4 Å². The summed E-state index contributed by atoms with van der Waals surface area (Å²) in [6.07, 6.45) is 22.6. The maximum atomic E-state index is 10.2. The van der Waals surface area contributed by atoms with Crippen molar-refractivity contribution in [1.82, 2.24) is 0 Å². The summed E-state index contributed by atoms with van der Waals surface area (Å²) in [6, 6.07) is 28.6. The lowest BCUT2D eigenvalue weighted by Gasteiger charge is -2.33. The van der Waals surface area contributed by atoms with E-state index in [0.717, 1.165) is 42.5 Å². The Morgan fingerprint density at radius 2 is 0.833 bits per heavy atom. The van der Waals surface area contributed by atoms with E-state index in [1.54, 1.807) is 11.1 Å². The van der Waals surface area contributed by atoms with Gasteiger partial charge in [-0.1, -0.05) is 152 Å². The molecule has 0 saturated heterocycles. The normalized spacial score (nSPS) is 15.0. The Labute approximate surface area is 289 Å². The second kappa shape index (κ2) is 14.8. The predicted octanol–water partition coefficient (Wildman–Crippen LogP) is 12.4. The molecular weight excluding hydrogens is 581 g/mol. The first-order valence-corrected chi connectivity index (χ1v) is 19.4. The highest BCUT2D eigenvalue weighted by molar-refractivity contribution is 6.22. The Hall–Kier alpha value is -3.74. The summed E-state index contributed by atoms with van der Waals surface area (Å²) in [6.45, 7) is 4.64. The molecule has 0 spiro atoms. The minimum Gasteiger partial charge on any atom is -0.361 e. The summed E-state index contributed by atoms with van der Waals surface area (Å²) in [4.78, 5) is 3.84. The van der Waals surface area contributed by atoms with E-state index in [0.29, 0.717) is 0 Å². The van der Waals surface area contributed by atoms with Crippen LogP contribution in [0.5, 0.6) is 0 Å². The number of nitrogens with zero attached hydrogens (tertiary/aromatic N) is 2. The molecule has 0 heterocycles. The summed E-state index contributed by atoms with van der Waals surface area (Å²) in [7, 11) is 0. The van der Waals surface area contributed by atoms with Crippen LogP contribution in [0, 0.1) is 0 Å². The Morgan fingerprint density at radius 3 is 1.25 bits per heavy atom. The quantitative estimate of drug-likeness (QED) is 0.0662. The van der Waals surface area contributed by atoms with Crippen molar-refractivity contribution in [2.75, 3.05) is 0 Å². The van der Waals surface area contributed by atoms with E-state index in [1.165, 1.54) is 134 Å². The van der Waals surface area contributed by atoms with Gasteiger partial charge in [0.2, 0.25) is 0 Å². The fourth-order valence-corrected chi connectivity index (χ4v) is 9.16. The maximum Gasteiger partial charge on any atom is 0.330 e. The van der Waals surface area contributed by atoms with Gasteiger partial charge in [0.1, 0.15) is 0 Å². The van der Waals surface area contributed by atoms with Gasteiger partial charge in [0.15, 0.2) is 0 Å². The van der Waals surface area contributed by atoms with Crippen LogP contribution in [0.15, 0.2) is 72.8 Å². The highest BCUT2D eigenvalue weighted by Gasteiger charge is 2.42. The van der Waals surface area contributed by atoms with Gasteiger partial charge in [-0.15, -0.1) is 0 Å². The zero-order valence-corrected chi connectivity index (χ0v) is 29.6. The molecule has 0 unspecified atom stereocenters. The van der Waals surface area contributed by atoms with E-state index in [1.807, 2.05) is 0 Å². The monoisotopic (exact) mass is 634 g/mol. The molecule has 0 N–H and O–H groups in total. The lowest BCUT2D eigenvalue weighted by atomic mass is 9.70. The molecule has 2 nitrogen and oxygen atoms in total. The lowest BCUT2D eigenvalue weighted by molar-refractivity contribution is -0.00244. The highest BCUT2D eigenvalue weighted by Crippen LogP contribution is 2.55. The SMILES string of the molecule is CCCCCCCCC1(CCCCCCCC)c2cc3ccc2-c2ccc(cc21)CCc1ccc2c(c1)C(=[N+]=[N-])c1cc(ccc1-2)CC3. The predicted molar refractivity (Wildman–Crippen MR) is 202 cm³/mol. The molecule has 0 fully saturated rings. The topological polar surface area (TPSA) is 36.4 Å². The molecule has 3 aliphatic rings. The molecule has 0 saturated carbocycles.